The van der Waals surface area contributed by atoms with Crippen molar-refractivity contribution in [3.05, 3.63) is 30.6 Å². The standard InChI is InChI=1S/C13H16N4O2/c1-17(9-5-4-6-10(7-9)18-2)13-11(19-3)12(14)15-8-16-13/h4-8H,1-3H3,(H2,14,15,16). The Morgan fingerprint density at radius 2 is 1.95 bits per heavy atom. The number of benzene rings is 1. The molecule has 1 heterocycles. The van der Waals surface area contributed by atoms with E-state index in [1.165, 1.54) is 13.4 Å². The molecule has 2 rings (SSSR count). The number of ether oxygens (including phenoxy) is 2. The lowest BCUT2D eigenvalue weighted by Gasteiger charge is -2.21. The Kier molecular flexibility index (Phi) is 3.70. The summed E-state index contributed by atoms with van der Waals surface area (Å²) in [5.41, 5.74) is 6.69. The fraction of sp³-hybridized carbons (Fsp3) is 0.231. The highest BCUT2D eigenvalue weighted by Crippen LogP contribution is 2.34. The molecule has 6 nitrogen and oxygen atoms in total. The molecule has 0 saturated carbocycles. The van der Waals surface area contributed by atoms with Crippen LogP contribution in [0.25, 0.3) is 0 Å². The summed E-state index contributed by atoms with van der Waals surface area (Å²) in [6.45, 7) is 0. The van der Waals surface area contributed by atoms with Gasteiger partial charge in [0.25, 0.3) is 0 Å². The van der Waals surface area contributed by atoms with E-state index < -0.39 is 0 Å². The van der Waals surface area contributed by atoms with Crippen LogP contribution in [0.2, 0.25) is 0 Å². The Balaban J connectivity index is 2.43. The summed E-state index contributed by atoms with van der Waals surface area (Å²) in [7, 11) is 5.04. The van der Waals surface area contributed by atoms with Crippen molar-refractivity contribution in [3.8, 4) is 11.5 Å². The van der Waals surface area contributed by atoms with Crippen LogP contribution < -0.4 is 20.1 Å². The van der Waals surface area contributed by atoms with Crippen LogP contribution in [0.15, 0.2) is 30.6 Å². The van der Waals surface area contributed by atoms with E-state index in [1.54, 1.807) is 7.11 Å². The van der Waals surface area contributed by atoms with Gasteiger partial charge in [-0.2, -0.15) is 0 Å². The second-order valence-corrected chi connectivity index (χ2v) is 3.88. The molecule has 2 N–H and O–H groups in total. The molecule has 0 aliphatic rings. The van der Waals surface area contributed by atoms with Crippen molar-refractivity contribution < 1.29 is 9.47 Å². The molecule has 0 bridgehead atoms. The van der Waals surface area contributed by atoms with E-state index in [1.807, 2.05) is 36.2 Å². The number of aromatic nitrogens is 2. The number of rotatable bonds is 4. The third-order valence-corrected chi connectivity index (χ3v) is 2.78. The van der Waals surface area contributed by atoms with Crippen LogP contribution in [0.4, 0.5) is 17.3 Å². The van der Waals surface area contributed by atoms with E-state index in [-0.39, 0.29) is 0 Å². The van der Waals surface area contributed by atoms with Gasteiger partial charge >= 0.3 is 0 Å². The van der Waals surface area contributed by atoms with Crippen molar-refractivity contribution in [2.24, 2.45) is 0 Å². The SMILES string of the molecule is COc1cccc(N(C)c2ncnc(N)c2OC)c1. The molecule has 0 saturated heterocycles. The average Bonchev–Trinajstić information content (AvgIpc) is 2.46. The van der Waals surface area contributed by atoms with Crippen LogP contribution in [0, 0.1) is 0 Å². The summed E-state index contributed by atoms with van der Waals surface area (Å²) in [6.07, 6.45) is 1.41. The van der Waals surface area contributed by atoms with Crippen LogP contribution in [0.3, 0.4) is 0 Å². The smallest absolute Gasteiger partial charge is 0.204 e. The molecule has 100 valence electrons. The minimum Gasteiger partial charge on any atom is -0.497 e. The lowest BCUT2D eigenvalue weighted by Crippen LogP contribution is -2.14. The zero-order valence-electron chi connectivity index (χ0n) is 11.1. The third-order valence-electron chi connectivity index (χ3n) is 2.78. The fourth-order valence-corrected chi connectivity index (χ4v) is 1.75. The Bertz CT molecular complexity index is 574. The average molecular weight is 260 g/mol. The number of hydrogen-bond acceptors (Lipinski definition) is 6. The maximum absolute atomic E-state index is 5.78. The third kappa shape index (κ3) is 2.52. The molecular weight excluding hydrogens is 244 g/mol. The molecular formula is C13H16N4O2. The summed E-state index contributed by atoms with van der Waals surface area (Å²) in [5, 5.41) is 0. The van der Waals surface area contributed by atoms with E-state index in [9.17, 15) is 0 Å². The first-order valence-electron chi connectivity index (χ1n) is 5.69. The van der Waals surface area contributed by atoms with Crippen molar-refractivity contribution in [2.75, 3.05) is 31.9 Å². The number of methoxy groups -OCH3 is 2. The summed E-state index contributed by atoms with van der Waals surface area (Å²) in [4.78, 5) is 9.98. The first-order chi connectivity index (χ1) is 9.17. The lowest BCUT2D eigenvalue weighted by molar-refractivity contribution is 0.413. The van der Waals surface area contributed by atoms with Gasteiger partial charge in [0.05, 0.1) is 14.2 Å². The molecule has 0 aliphatic heterocycles. The lowest BCUT2D eigenvalue weighted by atomic mass is 10.2. The summed E-state index contributed by atoms with van der Waals surface area (Å²) in [6, 6.07) is 7.63. The highest BCUT2D eigenvalue weighted by molar-refractivity contribution is 5.70. The number of nitrogens with two attached hydrogens (primary N) is 1. The van der Waals surface area contributed by atoms with Gasteiger partial charge in [0.2, 0.25) is 5.75 Å². The van der Waals surface area contributed by atoms with Crippen LogP contribution in [0.5, 0.6) is 11.5 Å². The van der Waals surface area contributed by atoms with Gasteiger partial charge in [-0.05, 0) is 12.1 Å². The van der Waals surface area contributed by atoms with E-state index in [4.69, 9.17) is 15.2 Å². The molecule has 2 aromatic rings. The first-order valence-corrected chi connectivity index (χ1v) is 5.69. The Morgan fingerprint density at radius 3 is 2.63 bits per heavy atom. The van der Waals surface area contributed by atoms with Crippen molar-refractivity contribution in [1.82, 2.24) is 9.97 Å². The highest BCUT2D eigenvalue weighted by atomic mass is 16.5. The number of anilines is 3. The quantitative estimate of drug-likeness (QED) is 0.904. The van der Waals surface area contributed by atoms with Gasteiger partial charge in [-0.25, -0.2) is 9.97 Å². The monoisotopic (exact) mass is 260 g/mol. The molecule has 1 aromatic heterocycles. The zero-order valence-corrected chi connectivity index (χ0v) is 11.1. The van der Waals surface area contributed by atoms with Gasteiger partial charge in [0.15, 0.2) is 11.6 Å². The molecule has 0 atom stereocenters. The summed E-state index contributed by atoms with van der Waals surface area (Å²) in [5.74, 6) is 2.13. The molecule has 0 amide bonds. The van der Waals surface area contributed by atoms with Gasteiger partial charge in [0, 0.05) is 18.8 Å². The molecule has 0 aliphatic carbocycles. The predicted octanol–water partition coefficient (Wildman–Crippen LogP) is 1.84. The second kappa shape index (κ2) is 5.43. The molecule has 19 heavy (non-hydrogen) atoms. The second-order valence-electron chi connectivity index (χ2n) is 3.88. The van der Waals surface area contributed by atoms with Crippen LogP contribution >= 0.6 is 0 Å². The minimum absolute atomic E-state index is 0.308. The molecule has 0 spiro atoms. The van der Waals surface area contributed by atoms with E-state index >= 15 is 0 Å². The zero-order chi connectivity index (χ0) is 13.8. The molecule has 0 unspecified atom stereocenters. The van der Waals surface area contributed by atoms with Crippen LogP contribution in [-0.2, 0) is 0 Å². The highest BCUT2D eigenvalue weighted by Gasteiger charge is 2.15. The number of hydrogen-bond donors (Lipinski definition) is 1. The van der Waals surface area contributed by atoms with Gasteiger partial charge in [-0.15, -0.1) is 0 Å². The van der Waals surface area contributed by atoms with Gasteiger partial charge in [0.1, 0.15) is 12.1 Å². The first kappa shape index (κ1) is 12.9. The summed E-state index contributed by atoms with van der Waals surface area (Å²) >= 11 is 0. The molecule has 0 fully saturated rings. The van der Waals surface area contributed by atoms with E-state index in [2.05, 4.69) is 9.97 Å². The van der Waals surface area contributed by atoms with Crippen molar-refractivity contribution >= 4 is 17.3 Å². The van der Waals surface area contributed by atoms with E-state index in [0.717, 1.165) is 11.4 Å². The van der Waals surface area contributed by atoms with Gasteiger partial charge < -0.3 is 20.1 Å². The molecule has 6 heteroatoms. The molecule has 1 aromatic carbocycles. The van der Waals surface area contributed by atoms with Gasteiger partial charge in [-0.3, -0.25) is 0 Å². The van der Waals surface area contributed by atoms with Crippen LogP contribution in [0.1, 0.15) is 0 Å². The van der Waals surface area contributed by atoms with Gasteiger partial charge in [-0.1, -0.05) is 6.07 Å². The largest absolute Gasteiger partial charge is 0.497 e. The predicted molar refractivity (Wildman–Crippen MR) is 74.1 cm³/mol. The van der Waals surface area contributed by atoms with Crippen molar-refractivity contribution in [3.63, 3.8) is 0 Å². The topological polar surface area (TPSA) is 73.5 Å². The fourth-order valence-electron chi connectivity index (χ4n) is 1.75. The Hall–Kier alpha value is -2.50. The Labute approximate surface area is 111 Å². The number of nitrogen functional groups attached to an aromatic ring is 1. The van der Waals surface area contributed by atoms with Crippen molar-refractivity contribution in [1.29, 1.82) is 0 Å². The normalized spacial score (nSPS) is 10.1. The van der Waals surface area contributed by atoms with E-state index in [0.29, 0.717) is 17.4 Å². The number of nitrogens with zero attached hydrogens (tertiary/aromatic N) is 3. The molecule has 0 radical (unpaired) electrons. The van der Waals surface area contributed by atoms with Crippen molar-refractivity contribution in [2.45, 2.75) is 0 Å². The maximum Gasteiger partial charge on any atom is 0.204 e. The Morgan fingerprint density at radius 1 is 1.16 bits per heavy atom. The summed E-state index contributed by atoms with van der Waals surface area (Å²) < 4.78 is 10.5. The van der Waals surface area contributed by atoms with Crippen LogP contribution in [-0.4, -0.2) is 31.2 Å². The minimum atomic E-state index is 0.308. The maximum atomic E-state index is 5.78.